The molecular formula is C17H19BrF3N5O3. The van der Waals surface area contributed by atoms with E-state index in [-0.39, 0.29) is 6.03 Å². The number of anilines is 1. The summed E-state index contributed by atoms with van der Waals surface area (Å²) in [6.07, 6.45) is -3.25. The number of aliphatic carboxylic acids is 1. The fraction of sp³-hybridized carbons (Fsp3) is 0.353. The molecule has 1 aromatic heterocycles. The maximum absolute atomic E-state index is 12.2. The van der Waals surface area contributed by atoms with Gasteiger partial charge in [-0.25, -0.2) is 14.3 Å². The summed E-state index contributed by atoms with van der Waals surface area (Å²) >= 11 is 3.41. The van der Waals surface area contributed by atoms with Crippen molar-refractivity contribution in [1.29, 1.82) is 0 Å². The van der Waals surface area contributed by atoms with Gasteiger partial charge in [-0.05, 0) is 31.2 Å². The lowest BCUT2D eigenvalue weighted by Crippen LogP contribution is -2.52. The largest absolute Gasteiger partial charge is 0.490 e. The highest BCUT2D eigenvalue weighted by atomic mass is 79.9. The van der Waals surface area contributed by atoms with Gasteiger partial charge < -0.3 is 15.3 Å². The Morgan fingerprint density at radius 2 is 1.90 bits per heavy atom. The molecule has 0 saturated carbocycles. The van der Waals surface area contributed by atoms with Gasteiger partial charge in [-0.2, -0.15) is 13.2 Å². The van der Waals surface area contributed by atoms with Crippen molar-refractivity contribution in [2.75, 3.05) is 25.0 Å². The molecule has 29 heavy (non-hydrogen) atoms. The number of piperazine rings is 1. The minimum absolute atomic E-state index is 0.102. The smallest absolute Gasteiger partial charge is 0.475 e. The van der Waals surface area contributed by atoms with Crippen LogP contribution in [-0.2, 0) is 4.79 Å². The molecule has 1 unspecified atom stereocenters. The number of carbonyl (C=O) groups excluding carboxylic acids is 1. The van der Waals surface area contributed by atoms with Crippen molar-refractivity contribution in [3.05, 3.63) is 41.0 Å². The van der Waals surface area contributed by atoms with E-state index in [0.29, 0.717) is 24.9 Å². The number of aromatic nitrogens is 2. The maximum atomic E-state index is 12.2. The van der Waals surface area contributed by atoms with Crippen LogP contribution in [-0.4, -0.2) is 63.6 Å². The Morgan fingerprint density at radius 1 is 1.28 bits per heavy atom. The number of amides is 2. The molecule has 8 nitrogen and oxygen atoms in total. The van der Waals surface area contributed by atoms with E-state index in [1.807, 2.05) is 30.5 Å². The number of rotatable bonds is 2. The number of hydrogen-bond acceptors (Lipinski definition) is 4. The molecule has 2 amide bonds. The molecular weight excluding hydrogens is 459 g/mol. The van der Waals surface area contributed by atoms with Crippen LogP contribution >= 0.6 is 15.9 Å². The van der Waals surface area contributed by atoms with Gasteiger partial charge in [-0.15, -0.1) is 5.10 Å². The van der Waals surface area contributed by atoms with Gasteiger partial charge in [-0.1, -0.05) is 15.9 Å². The van der Waals surface area contributed by atoms with Crippen molar-refractivity contribution in [3.63, 3.8) is 0 Å². The second kappa shape index (κ2) is 9.74. The minimum Gasteiger partial charge on any atom is -0.475 e. The molecule has 12 heteroatoms. The number of nitrogens with zero attached hydrogens (tertiary/aromatic N) is 3. The van der Waals surface area contributed by atoms with E-state index in [2.05, 4.69) is 38.6 Å². The van der Waals surface area contributed by atoms with Gasteiger partial charge in [-0.3, -0.25) is 5.32 Å². The van der Waals surface area contributed by atoms with Gasteiger partial charge in [0.25, 0.3) is 0 Å². The van der Waals surface area contributed by atoms with Gasteiger partial charge in [0.1, 0.15) is 0 Å². The average Bonchev–Trinajstić information content (AvgIpc) is 3.10. The summed E-state index contributed by atoms with van der Waals surface area (Å²) in [5.74, 6) is -2.20. The van der Waals surface area contributed by atoms with E-state index in [1.54, 1.807) is 15.6 Å². The monoisotopic (exact) mass is 477 g/mol. The standard InChI is InChI=1S/C15H18BrN5O.C2HF3O2/c1-11-10-20(9-7-17-11)15(22)18-14-6-8-21(19-14)13-4-2-12(16)3-5-13;3-2(4,5)1(6)7/h2-6,8,11,17H,7,9-10H2,1H3,(H,18,19,22);(H,6,7). The molecule has 2 aromatic rings. The lowest BCUT2D eigenvalue weighted by Gasteiger charge is -2.31. The third-order valence-electron chi connectivity index (χ3n) is 3.81. The number of halogens is 4. The normalized spacial score (nSPS) is 16.6. The number of alkyl halides is 3. The van der Waals surface area contributed by atoms with Crippen molar-refractivity contribution in [2.45, 2.75) is 19.1 Å². The Hall–Kier alpha value is -2.60. The summed E-state index contributed by atoms with van der Waals surface area (Å²) in [5, 5.41) is 17.7. The molecule has 1 aliphatic heterocycles. The highest BCUT2D eigenvalue weighted by Gasteiger charge is 2.38. The van der Waals surface area contributed by atoms with Crippen LogP contribution in [0.4, 0.5) is 23.8 Å². The summed E-state index contributed by atoms with van der Waals surface area (Å²) < 4.78 is 34.5. The van der Waals surface area contributed by atoms with Crippen LogP contribution in [0.3, 0.4) is 0 Å². The van der Waals surface area contributed by atoms with Crippen LogP contribution in [0.1, 0.15) is 6.92 Å². The number of carbonyl (C=O) groups is 2. The molecule has 0 bridgehead atoms. The first-order chi connectivity index (χ1) is 13.6. The maximum Gasteiger partial charge on any atom is 0.490 e. The van der Waals surface area contributed by atoms with Crippen LogP contribution in [0, 0.1) is 0 Å². The van der Waals surface area contributed by atoms with Crippen molar-refractivity contribution in [2.24, 2.45) is 0 Å². The molecule has 0 spiro atoms. The number of carboxylic acid groups (broad SMARTS) is 1. The lowest BCUT2D eigenvalue weighted by atomic mass is 10.2. The first-order valence-electron chi connectivity index (χ1n) is 8.47. The lowest BCUT2D eigenvalue weighted by molar-refractivity contribution is -0.192. The van der Waals surface area contributed by atoms with Gasteiger partial charge in [0, 0.05) is 42.4 Å². The average molecular weight is 478 g/mol. The van der Waals surface area contributed by atoms with E-state index in [0.717, 1.165) is 16.7 Å². The third kappa shape index (κ3) is 7.06. The molecule has 0 radical (unpaired) electrons. The second-order valence-corrected chi connectivity index (χ2v) is 7.07. The fourth-order valence-electron chi connectivity index (χ4n) is 2.43. The molecule has 1 aromatic carbocycles. The molecule has 1 atom stereocenters. The summed E-state index contributed by atoms with van der Waals surface area (Å²) in [6.45, 7) is 4.31. The predicted octanol–water partition coefficient (Wildman–Crippen LogP) is 3.09. The molecule has 3 N–H and O–H groups in total. The molecule has 1 saturated heterocycles. The number of urea groups is 1. The van der Waals surface area contributed by atoms with Crippen molar-refractivity contribution < 1.29 is 27.9 Å². The van der Waals surface area contributed by atoms with Gasteiger partial charge in [0.05, 0.1) is 5.69 Å². The summed E-state index contributed by atoms with van der Waals surface area (Å²) in [7, 11) is 0. The molecule has 3 rings (SSSR count). The topological polar surface area (TPSA) is 99.5 Å². The highest BCUT2D eigenvalue weighted by Crippen LogP contribution is 2.15. The minimum atomic E-state index is -5.08. The summed E-state index contributed by atoms with van der Waals surface area (Å²) in [5.41, 5.74) is 0.944. The molecule has 1 aliphatic rings. The number of nitrogens with one attached hydrogen (secondary N) is 2. The van der Waals surface area contributed by atoms with Crippen LogP contribution in [0.25, 0.3) is 5.69 Å². The zero-order valence-electron chi connectivity index (χ0n) is 15.3. The number of carboxylic acids is 1. The van der Waals surface area contributed by atoms with E-state index >= 15 is 0 Å². The van der Waals surface area contributed by atoms with E-state index in [4.69, 9.17) is 9.90 Å². The Kier molecular flexibility index (Phi) is 7.62. The molecule has 158 valence electrons. The van der Waals surface area contributed by atoms with Crippen LogP contribution in [0.15, 0.2) is 41.0 Å². The van der Waals surface area contributed by atoms with Crippen LogP contribution in [0.5, 0.6) is 0 Å². The summed E-state index contributed by atoms with van der Waals surface area (Å²) in [4.78, 5) is 22.9. The van der Waals surface area contributed by atoms with Gasteiger partial charge in [0.15, 0.2) is 5.82 Å². The SMILES string of the molecule is CC1CN(C(=O)Nc2ccn(-c3ccc(Br)cc3)n2)CCN1.O=C(O)C(F)(F)F. The van der Waals surface area contributed by atoms with Gasteiger partial charge >= 0.3 is 18.2 Å². The van der Waals surface area contributed by atoms with Crippen molar-refractivity contribution >= 4 is 33.7 Å². The van der Waals surface area contributed by atoms with E-state index in [9.17, 15) is 18.0 Å². The van der Waals surface area contributed by atoms with E-state index in [1.165, 1.54) is 0 Å². The highest BCUT2D eigenvalue weighted by molar-refractivity contribution is 9.10. The van der Waals surface area contributed by atoms with Crippen molar-refractivity contribution in [3.8, 4) is 5.69 Å². The first kappa shape index (κ1) is 22.7. The van der Waals surface area contributed by atoms with Crippen LogP contribution < -0.4 is 10.6 Å². The first-order valence-corrected chi connectivity index (χ1v) is 9.26. The van der Waals surface area contributed by atoms with Crippen LogP contribution in [0.2, 0.25) is 0 Å². The van der Waals surface area contributed by atoms with E-state index < -0.39 is 12.1 Å². The zero-order chi connectivity index (χ0) is 21.6. The predicted molar refractivity (Wildman–Crippen MR) is 103 cm³/mol. The Labute approximate surface area is 172 Å². The Morgan fingerprint density at radius 3 is 2.45 bits per heavy atom. The van der Waals surface area contributed by atoms with Crippen molar-refractivity contribution in [1.82, 2.24) is 20.0 Å². The zero-order valence-corrected chi connectivity index (χ0v) is 16.9. The molecule has 0 aliphatic carbocycles. The molecule has 2 heterocycles. The summed E-state index contributed by atoms with van der Waals surface area (Å²) in [6, 6.07) is 9.84. The Bertz CT molecular complexity index is 842. The Balaban J connectivity index is 0.000000370. The number of hydrogen-bond donors (Lipinski definition) is 3. The van der Waals surface area contributed by atoms with Gasteiger partial charge in [0.2, 0.25) is 0 Å². The third-order valence-corrected chi connectivity index (χ3v) is 4.34. The number of benzene rings is 1. The fourth-order valence-corrected chi connectivity index (χ4v) is 2.70. The quantitative estimate of drug-likeness (QED) is 0.617. The second-order valence-electron chi connectivity index (χ2n) is 6.16. The molecule has 1 fully saturated rings.